The maximum absolute atomic E-state index is 12.7. The molecule has 2 aliphatic rings. The number of alkyl halides is 1. The molecule has 3 heteroatoms. The molecule has 1 aliphatic heterocycles. The Morgan fingerprint density at radius 3 is 2.56 bits per heavy atom. The Morgan fingerprint density at radius 2 is 1.81 bits per heavy atom. The quantitative estimate of drug-likeness (QED) is 0.607. The molecule has 0 amide bonds. The number of fused-ring (bicyclic) bond motifs is 3. The van der Waals surface area contributed by atoms with Crippen molar-refractivity contribution in [3.05, 3.63) is 70.4 Å². The average Bonchev–Trinajstić information content (AvgIpc) is 3.51. The predicted octanol–water partition coefficient (Wildman–Crippen LogP) is 5.18. The molecule has 2 heterocycles. The topological polar surface area (TPSA) is 8.17 Å². The van der Waals surface area contributed by atoms with Crippen molar-refractivity contribution in [3.8, 4) is 0 Å². The number of halogens is 1. The first-order chi connectivity index (χ1) is 13.2. The number of hydrogen-bond acceptors (Lipinski definition) is 1. The van der Waals surface area contributed by atoms with Crippen LogP contribution in [0.2, 0.25) is 0 Å². The van der Waals surface area contributed by atoms with Gasteiger partial charge in [-0.05, 0) is 55.0 Å². The fraction of sp³-hybridized carbons (Fsp3) is 0.417. The summed E-state index contributed by atoms with van der Waals surface area (Å²) in [6, 6.07) is 15.7. The smallest absolute Gasteiger partial charge is 0.115 e. The van der Waals surface area contributed by atoms with Crippen LogP contribution in [-0.2, 0) is 32.6 Å². The minimum absolute atomic E-state index is 0.382. The van der Waals surface area contributed by atoms with Gasteiger partial charge in [0.2, 0.25) is 0 Å². The Bertz CT molecular complexity index is 966. The van der Waals surface area contributed by atoms with Gasteiger partial charge in [-0.3, -0.25) is 4.90 Å². The lowest BCUT2D eigenvalue weighted by Gasteiger charge is -2.28. The lowest BCUT2D eigenvalue weighted by atomic mass is 10.0. The van der Waals surface area contributed by atoms with Crippen LogP contribution in [0.5, 0.6) is 0 Å². The number of benzene rings is 2. The van der Waals surface area contributed by atoms with Crippen LogP contribution in [0.25, 0.3) is 10.9 Å². The van der Waals surface area contributed by atoms with Crippen molar-refractivity contribution in [3.63, 3.8) is 0 Å². The van der Waals surface area contributed by atoms with Gasteiger partial charge in [-0.15, -0.1) is 0 Å². The molecule has 5 rings (SSSR count). The fourth-order valence-electron chi connectivity index (χ4n) is 4.63. The van der Waals surface area contributed by atoms with E-state index in [0.29, 0.717) is 0 Å². The van der Waals surface area contributed by atoms with Gasteiger partial charge in [0.25, 0.3) is 0 Å². The molecule has 0 N–H and O–H groups in total. The molecule has 1 aromatic heterocycles. The summed E-state index contributed by atoms with van der Waals surface area (Å²) in [7, 11) is 0. The van der Waals surface area contributed by atoms with Crippen LogP contribution in [0.3, 0.4) is 0 Å². The van der Waals surface area contributed by atoms with E-state index in [0.717, 1.165) is 37.5 Å². The Hall–Kier alpha value is -2.13. The van der Waals surface area contributed by atoms with E-state index in [4.69, 9.17) is 0 Å². The van der Waals surface area contributed by atoms with Crippen LogP contribution in [-0.4, -0.2) is 22.1 Å². The highest BCUT2D eigenvalue weighted by Crippen LogP contribution is 2.36. The van der Waals surface area contributed by atoms with Crippen molar-refractivity contribution in [2.45, 2.75) is 58.4 Å². The molecule has 1 fully saturated rings. The molecule has 0 bridgehead atoms. The van der Waals surface area contributed by atoms with Gasteiger partial charge in [-0.2, -0.15) is 0 Å². The molecular weight excluding hydrogens is 335 g/mol. The number of aromatic nitrogens is 1. The van der Waals surface area contributed by atoms with E-state index in [1.165, 1.54) is 47.1 Å². The van der Waals surface area contributed by atoms with E-state index in [-0.39, 0.29) is 6.67 Å². The molecule has 2 aromatic carbocycles. The van der Waals surface area contributed by atoms with Gasteiger partial charge in [0.1, 0.15) is 6.67 Å². The van der Waals surface area contributed by atoms with Crippen molar-refractivity contribution < 1.29 is 4.39 Å². The lowest BCUT2D eigenvalue weighted by Crippen LogP contribution is -2.32. The van der Waals surface area contributed by atoms with Gasteiger partial charge in [-0.1, -0.05) is 35.9 Å². The van der Waals surface area contributed by atoms with E-state index in [9.17, 15) is 4.39 Å². The molecule has 1 saturated carbocycles. The second kappa shape index (κ2) is 6.79. The van der Waals surface area contributed by atoms with Gasteiger partial charge >= 0.3 is 0 Å². The maximum Gasteiger partial charge on any atom is 0.115 e. The van der Waals surface area contributed by atoms with Crippen LogP contribution < -0.4 is 0 Å². The Labute approximate surface area is 160 Å². The minimum atomic E-state index is -0.382. The standard InChI is InChI=1S/C24H27FN2/c1-17-2-9-23-21(14-17)22-16-26(20-7-8-20)12-11-24(22)27(23)13-10-18-3-5-19(15-25)6-4-18/h2-6,9,14,20H,7-8,10-13,15-16H2,1H3. The van der Waals surface area contributed by atoms with Crippen molar-refractivity contribution in [1.29, 1.82) is 0 Å². The molecule has 27 heavy (non-hydrogen) atoms. The first kappa shape index (κ1) is 17.0. The highest BCUT2D eigenvalue weighted by atomic mass is 19.1. The van der Waals surface area contributed by atoms with E-state index in [1.807, 2.05) is 12.1 Å². The average molecular weight is 362 g/mol. The first-order valence-electron chi connectivity index (χ1n) is 10.2. The summed E-state index contributed by atoms with van der Waals surface area (Å²) in [4.78, 5) is 2.68. The summed E-state index contributed by atoms with van der Waals surface area (Å²) < 4.78 is 15.3. The number of rotatable bonds is 5. The van der Waals surface area contributed by atoms with Crippen molar-refractivity contribution >= 4 is 10.9 Å². The maximum atomic E-state index is 12.7. The predicted molar refractivity (Wildman–Crippen MR) is 109 cm³/mol. The SMILES string of the molecule is Cc1ccc2c(c1)c1c(n2CCc2ccc(CF)cc2)CCN(C2CC2)C1. The second-order valence-electron chi connectivity index (χ2n) is 8.25. The number of hydrogen-bond donors (Lipinski definition) is 0. The largest absolute Gasteiger partial charge is 0.344 e. The molecule has 0 atom stereocenters. The fourth-order valence-corrected chi connectivity index (χ4v) is 4.63. The van der Waals surface area contributed by atoms with Crippen LogP contribution >= 0.6 is 0 Å². The zero-order valence-electron chi connectivity index (χ0n) is 16.0. The third kappa shape index (κ3) is 3.19. The highest BCUT2D eigenvalue weighted by molar-refractivity contribution is 5.86. The second-order valence-corrected chi connectivity index (χ2v) is 8.25. The van der Waals surface area contributed by atoms with E-state index in [1.54, 1.807) is 5.56 Å². The summed E-state index contributed by atoms with van der Waals surface area (Å²) >= 11 is 0. The zero-order valence-corrected chi connectivity index (χ0v) is 16.0. The van der Waals surface area contributed by atoms with E-state index >= 15 is 0 Å². The van der Waals surface area contributed by atoms with Crippen molar-refractivity contribution in [2.24, 2.45) is 0 Å². The van der Waals surface area contributed by atoms with Gasteiger partial charge in [0.15, 0.2) is 0 Å². The summed E-state index contributed by atoms with van der Waals surface area (Å²) in [5.41, 5.74) is 7.85. The molecule has 0 saturated heterocycles. The molecular formula is C24H27FN2. The summed E-state index contributed by atoms with van der Waals surface area (Å²) in [6.45, 7) is 5.10. The van der Waals surface area contributed by atoms with Gasteiger partial charge < -0.3 is 4.57 Å². The lowest BCUT2D eigenvalue weighted by molar-refractivity contribution is 0.241. The van der Waals surface area contributed by atoms with Crippen LogP contribution in [0.1, 0.15) is 40.8 Å². The number of aryl methyl sites for hydroxylation is 3. The van der Waals surface area contributed by atoms with Gasteiger partial charge in [0.05, 0.1) is 0 Å². The van der Waals surface area contributed by atoms with E-state index < -0.39 is 0 Å². The monoisotopic (exact) mass is 362 g/mol. The Morgan fingerprint density at radius 1 is 1.04 bits per heavy atom. The molecule has 2 nitrogen and oxygen atoms in total. The third-order valence-corrected chi connectivity index (χ3v) is 6.30. The van der Waals surface area contributed by atoms with Crippen LogP contribution in [0, 0.1) is 6.92 Å². The molecule has 0 radical (unpaired) electrons. The molecule has 0 spiro atoms. The minimum Gasteiger partial charge on any atom is -0.344 e. The first-order valence-corrected chi connectivity index (χ1v) is 10.2. The molecule has 0 unspecified atom stereocenters. The zero-order chi connectivity index (χ0) is 18.4. The summed E-state index contributed by atoms with van der Waals surface area (Å²) in [5.74, 6) is 0. The molecule has 3 aromatic rings. The molecule has 140 valence electrons. The summed E-state index contributed by atoms with van der Waals surface area (Å²) in [6.07, 6.45) is 4.90. The van der Waals surface area contributed by atoms with Gasteiger partial charge in [0, 0.05) is 48.7 Å². The third-order valence-electron chi connectivity index (χ3n) is 6.30. The highest BCUT2D eigenvalue weighted by Gasteiger charge is 2.33. The summed E-state index contributed by atoms with van der Waals surface area (Å²) in [5, 5.41) is 1.45. The van der Waals surface area contributed by atoms with Crippen molar-refractivity contribution in [1.82, 2.24) is 9.47 Å². The Kier molecular flexibility index (Phi) is 4.28. The van der Waals surface area contributed by atoms with Crippen molar-refractivity contribution in [2.75, 3.05) is 6.54 Å². The number of nitrogens with zero attached hydrogens (tertiary/aromatic N) is 2. The Balaban J connectivity index is 1.47. The van der Waals surface area contributed by atoms with Crippen LogP contribution in [0.15, 0.2) is 42.5 Å². The van der Waals surface area contributed by atoms with E-state index in [2.05, 4.69) is 46.7 Å². The normalized spacial score (nSPS) is 17.4. The van der Waals surface area contributed by atoms with Crippen LogP contribution in [0.4, 0.5) is 4.39 Å². The molecule has 1 aliphatic carbocycles. The van der Waals surface area contributed by atoms with Gasteiger partial charge in [-0.25, -0.2) is 4.39 Å².